The molecule has 3 aliphatic heterocycles. The van der Waals surface area contributed by atoms with Gasteiger partial charge in [0.2, 0.25) is 10.0 Å². The average molecular weight is 527 g/mol. The Morgan fingerprint density at radius 1 is 1.08 bits per heavy atom. The smallest absolute Gasteiger partial charge is 0.254 e. The second-order valence-corrected chi connectivity index (χ2v) is 10.9. The van der Waals surface area contributed by atoms with Gasteiger partial charge in [-0.1, -0.05) is 12.1 Å². The number of carbonyl (C=O) groups is 1. The number of hydrogen-bond donors (Lipinski definition) is 1. The third-order valence-corrected chi connectivity index (χ3v) is 7.76. The van der Waals surface area contributed by atoms with Gasteiger partial charge >= 0.3 is 0 Å². The minimum Gasteiger partial charge on any atom is -0.493 e. The van der Waals surface area contributed by atoms with Crippen LogP contribution >= 0.6 is 0 Å². The van der Waals surface area contributed by atoms with Crippen LogP contribution < -0.4 is 19.5 Å². The van der Waals surface area contributed by atoms with Gasteiger partial charge in [0.1, 0.15) is 17.3 Å². The first-order valence-electron chi connectivity index (χ1n) is 11.9. The molecular weight excluding hydrogens is 499 g/mol. The van der Waals surface area contributed by atoms with Crippen LogP contribution in [-0.4, -0.2) is 51.7 Å². The maximum atomic E-state index is 14.4. The van der Waals surface area contributed by atoms with Crippen molar-refractivity contribution in [1.29, 1.82) is 0 Å². The Bertz CT molecular complexity index is 1460. The lowest BCUT2D eigenvalue weighted by molar-refractivity contribution is 0.0947. The second-order valence-electron chi connectivity index (χ2n) is 9.00. The van der Waals surface area contributed by atoms with Crippen LogP contribution in [0.15, 0.2) is 54.6 Å². The van der Waals surface area contributed by atoms with Crippen molar-refractivity contribution in [3.05, 3.63) is 82.7 Å². The predicted molar refractivity (Wildman–Crippen MR) is 135 cm³/mol. The normalized spacial score (nSPS) is 18.1. The monoisotopic (exact) mass is 526 g/mol. The topological polar surface area (TPSA) is 94.2 Å². The van der Waals surface area contributed by atoms with Crippen molar-refractivity contribution in [3.63, 3.8) is 0 Å². The highest BCUT2D eigenvalue weighted by Crippen LogP contribution is 2.41. The van der Waals surface area contributed by atoms with Crippen LogP contribution in [0.3, 0.4) is 0 Å². The summed E-state index contributed by atoms with van der Waals surface area (Å²) in [6.45, 7) is 0.815. The zero-order valence-corrected chi connectivity index (χ0v) is 21.3. The van der Waals surface area contributed by atoms with Crippen LogP contribution in [0.25, 0.3) is 0 Å². The number of fused-ring (bicyclic) bond motifs is 6. The maximum Gasteiger partial charge on any atom is 0.254 e. The number of ether oxygens (including phenoxy) is 3. The van der Waals surface area contributed by atoms with E-state index < -0.39 is 27.8 Å². The van der Waals surface area contributed by atoms with Crippen molar-refractivity contribution in [2.45, 2.75) is 18.9 Å². The van der Waals surface area contributed by atoms with Crippen LogP contribution in [0, 0.1) is 5.82 Å². The number of hydrogen-bond acceptors (Lipinski definition) is 6. The minimum absolute atomic E-state index is 0.115. The molecule has 3 aliphatic rings. The van der Waals surface area contributed by atoms with E-state index >= 15 is 0 Å². The molecule has 6 rings (SSSR count). The first-order valence-corrected chi connectivity index (χ1v) is 13.8. The molecule has 3 heterocycles. The van der Waals surface area contributed by atoms with E-state index in [-0.39, 0.29) is 18.7 Å². The summed E-state index contributed by atoms with van der Waals surface area (Å²) in [6, 6.07) is 14.3. The van der Waals surface area contributed by atoms with Gasteiger partial charge in [0, 0.05) is 13.1 Å². The van der Waals surface area contributed by atoms with Gasteiger partial charge in [-0.05, 0) is 72.0 Å². The summed E-state index contributed by atoms with van der Waals surface area (Å²) in [6.07, 6.45) is 2.16. The summed E-state index contributed by atoms with van der Waals surface area (Å²) in [7, 11) is -1.99. The number of nitrogens with zero attached hydrogens (tertiary/aromatic N) is 1. The van der Waals surface area contributed by atoms with Crippen LogP contribution in [0.2, 0.25) is 0 Å². The van der Waals surface area contributed by atoms with Crippen molar-refractivity contribution in [3.8, 4) is 23.0 Å². The highest BCUT2D eigenvalue weighted by atomic mass is 32.2. The fourth-order valence-corrected chi connectivity index (χ4v) is 5.79. The molecule has 0 spiro atoms. The van der Waals surface area contributed by atoms with E-state index in [1.54, 1.807) is 18.2 Å². The number of carbonyl (C=O) groups excluding carboxylic acids is 1. The van der Waals surface area contributed by atoms with E-state index in [4.69, 9.17) is 14.2 Å². The van der Waals surface area contributed by atoms with E-state index in [9.17, 15) is 17.6 Å². The molecule has 37 heavy (non-hydrogen) atoms. The third-order valence-electron chi connectivity index (χ3n) is 6.51. The SMILES string of the molecule is COc1ccc2cc1OCCCNC(=O)c1cc(ccc1F)Oc1ccc3c(c1)CCN(S(C)(=O)=O)C23. The van der Waals surface area contributed by atoms with E-state index in [0.717, 1.165) is 16.7 Å². The first-order chi connectivity index (χ1) is 17.7. The first kappa shape index (κ1) is 25.0. The van der Waals surface area contributed by atoms with Crippen LogP contribution in [0.1, 0.15) is 39.5 Å². The van der Waals surface area contributed by atoms with Crippen molar-refractivity contribution >= 4 is 15.9 Å². The van der Waals surface area contributed by atoms with Crippen molar-refractivity contribution in [2.24, 2.45) is 0 Å². The van der Waals surface area contributed by atoms with Crippen LogP contribution in [0.4, 0.5) is 4.39 Å². The largest absolute Gasteiger partial charge is 0.493 e. The molecule has 194 valence electrons. The average Bonchev–Trinajstić information content (AvgIpc) is 2.87. The molecule has 1 unspecified atom stereocenters. The van der Waals surface area contributed by atoms with E-state index in [0.29, 0.717) is 42.4 Å². The van der Waals surface area contributed by atoms with Gasteiger partial charge in [-0.2, -0.15) is 4.31 Å². The highest BCUT2D eigenvalue weighted by molar-refractivity contribution is 7.88. The Morgan fingerprint density at radius 3 is 2.65 bits per heavy atom. The van der Waals surface area contributed by atoms with Crippen LogP contribution in [0.5, 0.6) is 23.0 Å². The molecule has 8 bridgehead atoms. The Balaban J connectivity index is 1.63. The van der Waals surface area contributed by atoms with Crippen LogP contribution in [-0.2, 0) is 16.4 Å². The number of sulfonamides is 1. The van der Waals surface area contributed by atoms with Gasteiger partial charge in [0.05, 0.1) is 31.6 Å². The predicted octanol–water partition coefficient (Wildman–Crippen LogP) is 4.05. The van der Waals surface area contributed by atoms with Crippen molar-refractivity contribution in [2.75, 3.05) is 33.1 Å². The van der Waals surface area contributed by atoms with Gasteiger partial charge < -0.3 is 19.5 Å². The number of halogens is 1. The zero-order valence-electron chi connectivity index (χ0n) is 20.5. The molecule has 1 N–H and O–H groups in total. The summed E-state index contributed by atoms with van der Waals surface area (Å²) < 4.78 is 58.8. The Labute approximate surface area is 215 Å². The summed E-state index contributed by atoms with van der Waals surface area (Å²) in [4.78, 5) is 12.6. The quantitative estimate of drug-likeness (QED) is 0.542. The number of methoxy groups -OCH3 is 1. The minimum atomic E-state index is -3.53. The molecule has 3 aromatic rings. The fraction of sp³-hybridized carbons (Fsp3) is 0.296. The van der Waals surface area contributed by atoms with Gasteiger partial charge in [0.15, 0.2) is 11.5 Å². The molecule has 0 aliphatic carbocycles. The summed E-state index contributed by atoms with van der Waals surface area (Å²) in [5.41, 5.74) is 2.39. The maximum absolute atomic E-state index is 14.4. The lowest BCUT2D eigenvalue weighted by Crippen LogP contribution is -2.39. The molecule has 10 heteroatoms. The fourth-order valence-electron chi connectivity index (χ4n) is 4.75. The summed E-state index contributed by atoms with van der Waals surface area (Å²) >= 11 is 0. The standard InChI is InChI=1S/C27H27FN2O6S/c1-34-24-9-4-18-15-25(24)35-13-3-11-29-27(31)22-16-20(6-8-23(22)28)36-19-5-7-21-17(14-19)10-12-30(26(18)21)37(2,32)33/h4-9,14-16,26H,3,10-13H2,1-2H3,(H,29,31). The number of amides is 1. The van der Waals surface area contributed by atoms with Crippen molar-refractivity contribution < 1.29 is 31.8 Å². The van der Waals surface area contributed by atoms with E-state index in [1.807, 2.05) is 18.2 Å². The summed E-state index contributed by atoms with van der Waals surface area (Å²) in [5.74, 6) is 0.603. The van der Waals surface area contributed by atoms with Crippen molar-refractivity contribution in [1.82, 2.24) is 9.62 Å². The van der Waals surface area contributed by atoms with Gasteiger partial charge in [-0.15, -0.1) is 0 Å². The number of rotatable bonds is 2. The van der Waals surface area contributed by atoms with Gasteiger partial charge in [-0.25, -0.2) is 12.8 Å². The van der Waals surface area contributed by atoms with Gasteiger partial charge in [-0.3, -0.25) is 4.79 Å². The Morgan fingerprint density at radius 2 is 1.86 bits per heavy atom. The molecule has 0 fully saturated rings. The lowest BCUT2D eigenvalue weighted by atomic mass is 9.89. The molecule has 1 atom stereocenters. The third kappa shape index (κ3) is 5.12. The molecule has 0 aromatic heterocycles. The number of benzene rings is 3. The zero-order chi connectivity index (χ0) is 26.2. The lowest BCUT2D eigenvalue weighted by Gasteiger charge is -2.36. The molecular formula is C27H27FN2O6S. The second kappa shape index (κ2) is 10.0. The Kier molecular flexibility index (Phi) is 6.78. The summed E-state index contributed by atoms with van der Waals surface area (Å²) in [5, 5.41) is 2.70. The van der Waals surface area contributed by atoms with E-state index in [1.165, 1.54) is 35.9 Å². The molecule has 8 nitrogen and oxygen atoms in total. The van der Waals surface area contributed by atoms with E-state index in [2.05, 4.69) is 5.32 Å². The number of nitrogens with one attached hydrogen (secondary N) is 1. The Hall–Kier alpha value is -3.63. The molecule has 0 saturated heterocycles. The molecule has 0 radical (unpaired) electrons. The molecule has 0 saturated carbocycles. The van der Waals surface area contributed by atoms with Gasteiger partial charge in [0.25, 0.3) is 5.91 Å². The molecule has 3 aromatic carbocycles. The highest BCUT2D eigenvalue weighted by Gasteiger charge is 2.35. The molecule has 1 amide bonds.